The average Bonchev–Trinajstić information content (AvgIpc) is 2.53. The summed E-state index contributed by atoms with van der Waals surface area (Å²) >= 11 is 0. The molecule has 0 unspecified atom stereocenters. The number of phenols is 1. The Balaban J connectivity index is 2.42. The first kappa shape index (κ1) is 16.2. The molecule has 0 aliphatic rings. The molecule has 0 bridgehead atoms. The van der Waals surface area contributed by atoms with Crippen LogP contribution in [-0.2, 0) is 0 Å². The van der Waals surface area contributed by atoms with Crippen LogP contribution >= 0.6 is 0 Å². The van der Waals surface area contributed by atoms with E-state index in [1.165, 1.54) is 26.3 Å². The van der Waals surface area contributed by atoms with Gasteiger partial charge in [0.15, 0.2) is 17.3 Å². The monoisotopic (exact) mass is 314 g/mol. The number of nitro groups is 1. The van der Waals surface area contributed by atoms with E-state index in [1.807, 2.05) is 0 Å². The first-order chi connectivity index (χ1) is 10.9. The van der Waals surface area contributed by atoms with Crippen molar-refractivity contribution in [3.63, 3.8) is 0 Å². The highest BCUT2D eigenvalue weighted by Crippen LogP contribution is 2.33. The van der Waals surface area contributed by atoms with Gasteiger partial charge in [-0.3, -0.25) is 19.9 Å². The van der Waals surface area contributed by atoms with E-state index in [-0.39, 0.29) is 28.5 Å². The summed E-state index contributed by atoms with van der Waals surface area (Å²) in [6, 6.07) is 8.92. The van der Waals surface area contributed by atoms with E-state index in [4.69, 9.17) is 4.74 Å². The molecule has 2 rings (SSSR count). The number of carbonyl (C=O) groups excluding carboxylic acids is 1. The number of rotatable bonds is 5. The Morgan fingerprint density at radius 3 is 2.70 bits per heavy atom. The topological polar surface area (TPSA) is 102 Å². The van der Waals surface area contributed by atoms with Crippen LogP contribution < -0.4 is 4.74 Å². The third kappa shape index (κ3) is 3.70. The maximum Gasteiger partial charge on any atom is 0.274 e. The van der Waals surface area contributed by atoms with Gasteiger partial charge in [0.1, 0.15) is 0 Å². The fourth-order valence-electron chi connectivity index (χ4n) is 1.92. The molecule has 0 fully saturated rings. The minimum absolute atomic E-state index is 0.0156. The zero-order valence-corrected chi connectivity index (χ0v) is 12.5. The number of nitrogens with zero attached hydrogens (tertiary/aromatic N) is 2. The number of Topliss-reactive ketones (excluding diaryl/α,β-unsaturated/α-hetero) is 1. The summed E-state index contributed by atoms with van der Waals surface area (Å²) in [6.07, 6.45) is 1.28. The standard InChI is InChI=1S/C16H14N2O5/c1-10(19)11-4-3-5-13(6-11)17-9-12-7-14(18(21)22)8-15(23-2)16(12)20/h3-9,20H,1-2H3. The van der Waals surface area contributed by atoms with E-state index in [1.54, 1.807) is 24.3 Å². The molecule has 2 aromatic carbocycles. The molecule has 0 heterocycles. The fraction of sp³-hybridized carbons (Fsp3) is 0.125. The third-order valence-electron chi connectivity index (χ3n) is 3.13. The van der Waals surface area contributed by atoms with Gasteiger partial charge in [-0.2, -0.15) is 0 Å². The summed E-state index contributed by atoms with van der Waals surface area (Å²) in [4.78, 5) is 25.8. The van der Waals surface area contributed by atoms with Crippen molar-refractivity contribution in [2.75, 3.05) is 7.11 Å². The van der Waals surface area contributed by atoms with Gasteiger partial charge in [0.05, 0.1) is 23.8 Å². The molecule has 0 aliphatic heterocycles. The normalized spacial score (nSPS) is 10.7. The number of aromatic hydroxyl groups is 1. The second-order valence-corrected chi connectivity index (χ2v) is 4.71. The van der Waals surface area contributed by atoms with Gasteiger partial charge < -0.3 is 9.84 Å². The van der Waals surface area contributed by atoms with Crippen molar-refractivity contribution in [3.8, 4) is 11.5 Å². The third-order valence-corrected chi connectivity index (χ3v) is 3.13. The smallest absolute Gasteiger partial charge is 0.274 e. The van der Waals surface area contributed by atoms with Gasteiger partial charge in [0.2, 0.25) is 0 Å². The van der Waals surface area contributed by atoms with E-state index in [9.17, 15) is 20.0 Å². The molecule has 1 N–H and O–H groups in total. The molecule has 0 aliphatic carbocycles. The highest BCUT2D eigenvalue weighted by Gasteiger charge is 2.15. The van der Waals surface area contributed by atoms with Gasteiger partial charge in [0, 0.05) is 23.4 Å². The van der Waals surface area contributed by atoms with Crippen molar-refractivity contribution in [3.05, 3.63) is 57.6 Å². The van der Waals surface area contributed by atoms with Crippen LogP contribution in [0.5, 0.6) is 11.5 Å². The number of hydrogen-bond acceptors (Lipinski definition) is 6. The summed E-state index contributed by atoms with van der Waals surface area (Å²) in [5.41, 5.74) is 0.908. The quantitative estimate of drug-likeness (QED) is 0.395. The molecular formula is C16H14N2O5. The molecule has 0 amide bonds. The van der Waals surface area contributed by atoms with E-state index >= 15 is 0 Å². The number of non-ortho nitro benzene ring substituents is 1. The summed E-state index contributed by atoms with van der Waals surface area (Å²) < 4.78 is 4.92. The molecule has 0 saturated carbocycles. The Morgan fingerprint density at radius 1 is 1.35 bits per heavy atom. The molecule has 0 atom stereocenters. The van der Waals surface area contributed by atoms with Crippen LogP contribution in [0, 0.1) is 10.1 Å². The molecule has 118 valence electrons. The van der Waals surface area contributed by atoms with Gasteiger partial charge in [-0.25, -0.2) is 0 Å². The maximum absolute atomic E-state index is 11.3. The Bertz CT molecular complexity index is 799. The van der Waals surface area contributed by atoms with Crippen LogP contribution in [0.3, 0.4) is 0 Å². The largest absolute Gasteiger partial charge is 0.504 e. The number of carbonyl (C=O) groups is 1. The molecule has 0 aromatic heterocycles. The highest BCUT2D eigenvalue weighted by molar-refractivity contribution is 5.95. The van der Waals surface area contributed by atoms with Crippen molar-refractivity contribution in [1.82, 2.24) is 0 Å². The lowest BCUT2D eigenvalue weighted by Gasteiger charge is -2.06. The number of hydrogen-bond donors (Lipinski definition) is 1. The second kappa shape index (κ2) is 6.69. The number of benzene rings is 2. The van der Waals surface area contributed by atoms with Gasteiger partial charge >= 0.3 is 0 Å². The number of ether oxygens (including phenoxy) is 1. The number of nitro benzene ring substituents is 1. The summed E-state index contributed by atoms with van der Waals surface area (Å²) in [6.45, 7) is 1.44. The van der Waals surface area contributed by atoms with Crippen LogP contribution in [0.25, 0.3) is 0 Å². The lowest BCUT2D eigenvalue weighted by molar-refractivity contribution is -0.385. The fourth-order valence-corrected chi connectivity index (χ4v) is 1.92. The Hall–Kier alpha value is -3.22. The summed E-state index contributed by atoms with van der Waals surface area (Å²) in [5, 5.41) is 20.9. The lowest BCUT2D eigenvalue weighted by atomic mass is 10.1. The van der Waals surface area contributed by atoms with Gasteiger partial charge in [0.25, 0.3) is 5.69 Å². The van der Waals surface area contributed by atoms with Crippen LogP contribution in [0.1, 0.15) is 22.8 Å². The summed E-state index contributed by atoms with van der Waals surface area (Å²) in [5.74, 6) is -0.357. The average molecular weight is 314 g/mol. The van der Waals surface area contributed by atoms with Crippen molar-refractivity contribution in [1.29, 1.82) is 0 Å². The van der Waals surface area contributed by atoms with E-state index in [2.05, 4.69) is 4.99 Å². The zero-order chi connectivity index (χ0) is 17.0. The number of ketones is 1. The van der Waals surface area contributed by atoms with Crippen LogP contribution in [-0.4, -0.2) is 29.1 Å². The molecule has 2 aromatic rings. The van der Waals surface area contributed by atoms with Crippen LogP contribution in [0.15, 0.2) is 41.4 Å². The van der Waals surface area contributed by atoms with E-state index < -0.39 is 4.92 Å². The van der Waals surface area contributed by atoms with Crippen molar-refractivity contribution in [2.45, 2.75) is 6.92 Å². The Labute approximate surface area is 132 Å². The van der Waals surface area contributed by atoms with Crippen molar-refractivity contribution >= 4 is 23.4 Å². The predicted molar refractivity (Wildman–Crippen MR) is 85.0 cm³/mol. The lowest BCUT2D eigenvalue weighted by Crippen LogP contribution is -1.94. The number of methoxy groups -OCH3 is 1. The second-order valence-electron chi connectivity index (χ2n) is 4.71. The van der Waals surface area contributed by atoms with Crippen LogP contribution in [0.4, 0.5) is 11.4 Å². The minimum Gasteiger partial charge on any atom is -0.504 e. The molecular weight excluding hydrogens is 300 g/mol. The highest BCUT2D eigenvalue weighted by atomic mass is 16.6. The first-order valence-corrected chi connectivity index (χ1v) is 6.63. The van der Waals surface area contributed by atoms with Gasteiger partial charge in [-0.15, -0.1) is 0 Å². The number of phenolic OH excluding ortho intramolecular Hbond substituents is 1. The molecule has 0 saturated heterocycles. The Kier molecular flexibility index (Phi) is 4.70. The van der Waals surface area contributed by atoms with Crippen LogP contribution in [0.2, 0.25) is 0 Å². The first-order valence-electron chi connectivity index (χ1n) is 6.63. The maximum atomic E-state index is 11.3. The van der Waals surface area contributed by atoms with Gasteiger partial charge in [-0.1, -0.05) is 12.1 Å². The van der Waals surface area contributed by atoms with Gasteiger partial charge in [-0.05, 0) is 19.1 Å². The van der Waals surface area contributed by atoms with E-state index in [0.29, 0.717) is 11.3 Å². The SMILES string of the molecule is COc1cc([N+](=O)[O-])cc(C=Nc2cccc(C(C)=O)c2)c1O. The predicted octanol–water partition coefficient (Wildman–Crippen LogP) is 3.26. The Morgan fingerprint density at radius 2 is 2.09 bits per heavy atom. The van der Waals surface area contributed by atoms with Crippen molar-refractivity contribution in [2.24, 2.45) is 4.99 Å². The zero-order valence-electron chi connectivity index (χ0n) is 12.5. The number of aliphatic imine (C=N–C) groups is 1. The summed E-state index contributed by atoms with van der Waals surface area (Å²) in [7, 11) is 1.30. The molecule has 23 heavy (non-hydrogen) atoms. The van der Waals surface area contributed by atoms with Crippen molar-refractivity contribution < 1.29 is 19.6 Å². The molecule has 0 radical (unpaired) electrons. The molecule has 7 heteroatoms. The molecule has 7 nitrogen and oxygen atoms in total. The molecule has 0 spiro atoms. The minimum atomic E-state index is -0.588. The van der Waals surface area contributed by atoms with E-state index in [0.717, 1.165) is 6.07 Å².